The minimum Gasteiger partial charge on any atom is -0.457 e. The van der Waals surface area contributed by atoms with Crippen molar-refractivity contribution in [3.05, 3.63) is 23.8 Å². The number of rotatable bonds is 5. The van der Waals surface area contributed by atoms with E-state index in [0.29, 0.717) is 29.9 Å². The summed E-state index contributed by atoms with van der Waals surface area (Å²) in [6.45, 7) is -0.723. The number of amidine groups is 1. The molecule has 5 heterocycles. The number of aromatic nitrogens is 4. The van der Waals surface area contributed by atoms with Gasteiger partial charge in [-0.15, -0.1) is 0 Å². The maximum atomic E-state index is 14.0. The lowest BCUT2D eigenvalue weighted by molar-refractivity contribution is -0.169. The van der Waals surface area contributed by atoms with Gasteiger partial charge >= 0.3 is 6.18 Å². The maximum absolute atomic E-state index is 14.0. The van der Waals surface area contributed by atoms with Gasteiger partial charge in [0.25, 0.3) is 11.9 Å². The SMILES string of the molecule is CNc1nc(COC(=N)N2CCC[C@@H]2C(F)(F)F)nc2c1C1(CCCC1)C(=O)N2c1cnc(N2CCC(F)(F)C2)nc1. The second-order valence-corrected chi connectivity index (χ2v) is 11.1. The Morgan fingerprint density at radius 2 is 1.83 bits per heavy atom. The number of hydrogen-bond donors (Lipinski definition) is 2. The number of ether oxygens (including phenoxy) is 1. The van der Waals surface area contributed by atoms with Gasteiger partial charge in [-0.05, 0) is 25.7 Å². The molecule has 3 aliphatic heterocycles. The van der Waals surface area contributed by atoms with Gasteiger partial charge in [-0.3, -0.25) is 15.1 Å². The van der Waals surface area contributed by atoms with Gasteiger partial charge in [0, 0.05) is 26.6 Å². The highest BCUT2D eigenvalue weighted by molar-refractivity contribution is 6.13. The molecule has 226 valence electrons. The van der Waals surface area contributed by atoms with Crippen molar-refractivity contribution in [2.24, 2.45) is 0 Å². The monoisotopic (exact) mass is 595 g/mol. The van der Waals surface area contributed by atoms with Crippen molar-refractivity contribution < 1.29 is 31.5 Å². The third-order valence-electron chi connectivity index (χ3n) is 8.50. The van der Waals surface area contributed by atoms with Crippen molar-refractivity contribution >= 4 is 35.2 Å². The zero-order valence-electron chi connectivity index (χ0n) is 22.8. The van der Waals surface area contributed by atoms with Gasteiger partial charge < -0.3 is 19.9 Å². The average molecular weight is 596 g/mol. The first-order chi connectivity index (χ1) is 19.9. The zero-order valence-corrected chi connectivity index (χ0v) is 22.8. The molecular weight excluding hydrogens is 565 g/mol. The molecule has 0 unspecified atom stereocenters. The number of nitrogens with zero attached hydrogens (tertiary/aromatic N) is 7. The number of nitrogens with one attached hydrogen (secondary N) is 2. The number of carbonyl (C=O) groups excluding carboxylic acids is 1. The van der Waals surface area contributed by atoms with Crippen LogP contribution in [0.4, 0.5) is 45.2 Å². The number of halogens is 5. The molecule has 1 saturated carbocycles. The van der Waals surface area contributed by atoms with E-state index in [4.69, 9.17) is 10.1 Å². The predicted octanol–water partition coefficient (Wildman–Crippen LogP) is 4.12. The molecule has 3 fully saturated rings. The minimum atomic E-state index is -4.49. The van der Waals surface area contributed by atoms with Crippen molar-refractivity contribution in [1.29, 1.82) is 5.41 Å². The Morgan fingerprint density at radius 1 is 1.12 bits per heavy atom. The van der Waals surface area contributed by atoms with Crippen LogP contribution in [0.25, 0.3) is 0 Å². The van der Waals surface area contributed by atoms with E-state index in [1.165, 1.54) is 22.2 Å². The van der Waals surface area contributed by atoms with Crippen molar-refractivity contribution in [3.8, 4) is 0 Å². The fourth-order valence-corrected chi connectivity index (χ4v) is 6.51. The molecule has 2 aromatic rings. The topological polar surface area (TPSA) is 123 Å². The zero-order chi connectivity index (χ0) is 29.9. The molecule has 0 radical (unpaired) electrons. The number of anilines is 4. The third-order valence-corrected chi connectivity index (χ3v) is 8.50. The summed E-state index contributed by atoms with van der Waals surface area (Å²) in [6, 6.07) is -2.41. The molecule has 4 aliphatic rings. The molecule has 6 rings (SSSR count). The van der Waals surface area contributed by atoms with Crippen LogP contribution >= 0.6 is 0 Å². The lowest BCUT2D eigenvalue weighted by Gasteiger charge is -2.27. The highest BCUT2D eigenvalue weighted by Gasteiger charge is 2.56. The highest BCUT2D eigenvalue weighted by atomic mass is 19.4. The first-order valence-corrected chi connectivity index (χ1v) is 13.9. The van der Waals surface area contributed by atoms with Crippen LogP contribution in [0.1, 0.15) is 56.3 Å². The van der Waals surface area contributed by atoms with Crippen molar-refractivity contribution in [3.63, 3.8) is 0 Å². The van der Waals surface area contributed by atoms with E-state index in [9.17, 15) is 26.7 Å². The van der Waals surface area contributed by atoms with Gasteiger partial charge in [0.15, 0.2) is 12.4 Å². The second kappa shape index (κ2) is 10.2. The van der Waals surface area contributed by atoms with E-state index in [-0.39, 0.29) is 55.8 Å². The Kier molecular flexibility index (Phi) is 6.84. The van der Waals surface area contributed by atoms with E-state index in [1.54, 1.807) is 7.05 Å². The summed E-state index contributed by atoms with van der Waals surface area (Å²) >= 11 is 0. The molecular formula is C26H30F5N9O2. The Bertz CT molecular complexity index is 1380. The average Bonchev–Trinajstić information content (AvgIpc) is 3.74. The Morgan fingerprint density at radius 3 is 2.45 bits per heavy atom. The van der Waals surface area contributed by atoms with Crippen LogP contribution in [0.5, 0.6) is 0 Å². The fraction of sp³-hybridized carbons (Fsp3) is 0.615. The molecule has 1 amide bonds. The van der Waals surface area contributed by atoms with E-state index in [0.717, 1.165) is 17.7 Å². The summed E-state index contributed by atoms with van der Waals surface area (Å²) in [5.41, 5.74) is 0.0155. The summed E-state index contributed by atoms with van der Waals surface area (Å²) < 4.78 is 73.1. The van der Waals surface area contributed by atoms with Crippen LogP contribution in [-0.2, 0) is 21.6 Å². The number of alkyl halides is 5. The predicted molar refractivity (Wildman–Crippen MR) is 141 cm³/mol. The Hall–Kier alpha value is -3.85. The largest absolute Gasteiger partial charge is 0.457 e. The summed E-state index contributed by atoms with van der Waals surface area (Å²) in [7, 11) is 1.65. The summed E-state index contributed by atoms with van der Waals surface area (Å²) in [5, 5.41) is 11.2. The van der Waals surface area contributed by atoms with Crippen molar-refractivity contribution in [2.75, 3.05) is 41.8 Å². The number of likely N-dealkylation sites (tertiary alicyclic amines) is 1. The molecule has 42 heavy (non-hydrogen) atoms. The number of hydrogen-bond acceptors (Lipinski definition) is 9. The van der Waals surface area contributed by atoms with E-state index in [1.807, 2.05) is 0 Å². The van der Waals surface area contributed by atoms with Gasteiger partial charge in [0.1, 0.15) is 17.7 Å². The van der Waals surface area contributed by atoms with E-state index in [2.05, 4.69) is 25.3 Å². The molecule has 2 N–H and O–H groups in total. The van der Waals surface area contributed by atoms with Crippen LogP contribution in [0.3, 0.4) is 0 Å². The standard InChI is InChI=1S/C26H30F5N9O2/c1-33-19-18-20(37-17(36-19)13-42-22(32)39-9-4-5-16(39)26(29,30)31)40(21(41)24(18)6-2-3-7-24)15-11-34-23(35-12-15)38-10-8-25(27,28)14-38/h11-12,16,32H,2-10,13-14H2,1H3,(H,33,36,37)/t16-/m1/s1. The highest BCUT2D eigenvalue weighted by Crippen LogP contribution is 2.54. The number of amides is 1. The number of fused-ring (bicyclic) bond motifs is 2. The van der Waals surface area contributed by atoms with Crippen LogP contribution in [0.15, 0.2) is 12.4 Å². The molecule has 1 atom stereocenters. The smallest absolute Gasteiger partial charge is 0.408 e. The van der Waals surface area contributed by atoms with Gasteiger partial charge in [-0.1, -0.05) is 12.8 Å². The molecule has 0 aromatic carbocycles. The van der Waals surface area contributed by atoms with Crippen molar-refractivity contribution in [1.82, 2.24) is 24.8 Å². The Balaban J connectivity index is 1.30. The lowest BCUT2D eigenvalue weighted by atomic mass is 9.80. The quantitative estimate of drug-likeness (QED) is 0.299. The Labute approximate surface area is 238 Å². The second-order valence-electron chi connectivity index (χ2n) is 11.1. The van der Waals surface area contributed by atoms with Gasteiger partial charge in [-0.2, -0.15) is 13.2 Å². The first-order valence-electron chi connectivity index (χ1n) is 13.9. The van der Waals surface area contributed by atoms with Crippen molar-refractivity contribution in [2.45, 2.75) is 75.1 Å². The maximum Gasteiger partial charge on any atom is 0.408 e. The molecule has 0 bridgehead atoms. The first kappa shape index (κ1) is 28.3. The van der Waals surface area contributed by atoms with E-state index >= 15 is 0 Å². The molecule has 2 aromatic heterocycles. The number of carbonyl (C=O) groups is 1. The summed E-state index contributed by atoms with van der Waals surface area (Å²) in [6.07, 6.45) is 0.964. The van der Waals surface area contributed by atoms with Crippen LogP contribution in [0.2, 0.25) is 0 Å². The van der Waals surface area contributed by atoms with Crippen LogP contribution in [-0.4, -0.2) is 81.6 Å². The summed E-state index contributed by atoms with van der Waals surface area (Å²) in [5.74, 6) is -2.21. The van der Waals surface area contributed by atoms with Crippen LogP contribution < -0.4 is 15.1 Å². The van der Waals surface area contributed by atoms with Gasteiger partial charge in [0.2, 0.25) is 11.9 Å². The molecule has 1 aliphatic carbocycles. The summed E-state index contributed by atoms with van der Waals surface area (Å²) in [4.78, 5) is 35.4. The van der Waals surface area contributed by atoms with E-state index < -0.39 is 42.7 Å². The van der Waals surface area contributed by atoms with Crippen LogP contribution in [0, 0.1) is 5.41 Å². The lowest BCUT2D eigenvalue weighted by Crippen LogP contribution is -2.45. The third kappa shape index (κ3) is 4.73. The van der Waals surface area contributed by atoms with Gasteiger partial charge in [-0.25, -0.2) is 28.7 Å². The molecule has 16 heteroatoms. The van der Waals surface area contributed by atoms with Gasteiger partial charge in [0.05, 0.1) is 35.6 Å². The molecule has 2 saturated heterocycles. The molecule has 11 nitrogen and oxygen atoms in total. The minimum absolute atomic E-state index is 0.0473. The normalized spacial score (nSPS) is 22.8. The molecule has 1 spiro atoms. The fourth-order valence-electron chi connectivity index (χ4n) is 6.51.